The Hall–Kier alpha value is -3.19. The van der Waals surface area contributed by atoms with Gasteiger partial charge in [0.1, 0.15) is 0 Å². The van der Waals surface area contributed by atoms with E-state index in [0.29, 0.717) is 17.6 Å². The van der Waals surface area contributed by atoms with Crippen LogP contribution in [0.2, 0.25) is 0 Å². The zero-order valence-corrected chi connectivity index (χ0v) is 17.0. The molecule has 1 saturated carbocycles. The molecule has 3 heterocycles. The molecule has 2 aliphatic rings. The number of nitrogens with zero attached hydrogens (tertiary/aromatic N) is 3. The maximum absolute atomic E-state index is 12.4. The van der Waals surface area contributed by atoms with Crippen LogP contribution in [0.25, 0.3) is 16.8 Å². The van der Waals surface area contributed by atoms with E-state index in [1.165, 1.54) is 0 Å². The second-order valence-corrected chi connectivity index (χ2v) is 8.09. The number of pyridine rings is 1. The number of hydrogen-bond donors (Lipinski definition) is 2. The Morgan fingerprint density at radius 1 is 1.13 bits per heavy atom. The summed E-state index contributed by atoms with van der Waals surface area (Å²) in [6, 6.07) is 8.52. The molecule has 2 N–H and O–H groups in total. The number of aryl methyl sites for hydroxylation is 1. The van der Waals surface area contributed by atoms with Gasteiger partial charge in [0.25, 0.3) is 5.91 Å². The van der Waals surface area contributed by atoms with Gasteiger partial charge in [-0.3, -0.25) is 9.78 Å². The van der Waals surface area contributed by atoms with Crippen LogP contribution in [-0.2, 0) is 4.74 Å². The first kappa shape index (κ1) is 18.8. The third-order valence-electron chi connectivity index (χ3n) is 5.59. The van der Waals surface area contributed by atoms with Crippen molar-refractivity contribution in [2.45, 2.75) is 38.3 Å². The molecule has 0 spiro atoms. The number of rotatable bonds is 6. The van der Waals surface area contributed by atoms with E-state index < -0.39 is 0 Å². The van der Waals surface area contributed by atoms with E-state index in [2.05, 4.69) is 20.7 Å². The van der Waals surface area contributed by atoms with Gasteiger partial charge in [-0.15, -0.1) is 0 Å². The molecular weight excluding hydrogens is 378 g/mol. The fraction of sp³-hybridized carbons (Fsp3) is 0.348. The average Bonchev–Trinajstić information content (AvgIpc) is 3.20. The van der Waals surface area contributed by atoms with Gasteiger partial charge in [-0.25, -0.2) is 4.68 Å². The number of amides is 1. The molecule has 1 aliphatic carbocycles. The number of anilines is 1. The van der Waals surface area contributed by atoms with Crippen LogP contribution >= 0.6 is 0 Å². The van der Waals surface area contributed by atoms with Crippen molar-refractivity contribution in [2.24, 2.45) is 0 Å². The monoisotopic (exact) mass is 403 g/mol. The minimum absolute atomic E-state index is 0.00925. The minimum Gasteiger partial charge on any atom is -0.379 e. The molecule has 1 saturated heterocycles. The molecule has 0 radical (unpaired) electrons. The zero-order valence-electron chi connectivity index (χ0n) is 17.0. The first-order valence-electron chi connectivity index (χ1n) is 10.4. The number of nitrogens with one attached hydrogen (secondary N) is 2. The Kier molecular flexibility index (Phi) is 4.96. The summed E-state index contributed by atoms with van der Waals surface area (Å²) in [5.74, 6) is -0.00925. The van der Waals surface area contributed by atoms with E-state index in [-0.39, 0.29) is 5.91 Å². The number of hydrogen-bond acceptors (Lipinski definition) is 5. The summed E-state index contributed by atoms with van der Waals surface area (Å²) in [5.41, 5.74) is 5.60. The first-order valence-corrected chi connectivity index (χ1v) is 10.4. The first-order chi connectivity index (χ1) is 14.7. The molecule has 5 rings (SSSR count). The fourth-order valence-electron chi connectivity index (χ4n) is 3.69. The molecule has 2 aromatic heterocycles. The lowest BCUT2D eigenvalue weighted by Crippen LogP contribution is -2.25. The Morgan fingerprint density at radius 2 is 2.03 bits per heavy atom. The van der Waals surface area contributed by atoms with E-state index in [9.17, 15) is 4.79 Å². The van der Waals surface area contributed by atoms with Crippen LogP contribution < -0.4 is 10.6 Å². The molecule has 3 aromatic rings. The quantitative estimate of drug-likeness (QED) is 0.660. The smallest absolute Gasteiger partial charge is 0.251 e. The van der Waals surface area contributed by atoms with Gasteiger partial charge in [-0.2, -0.15) is 5.10 Å². The molecule has 1 aliphatic heterocycles. The highest BCUT2D eigenvalue weighted by molar-refractivity contribution is 5.96. The van der Waals surface area contributed by atoms with Gasteiger partial charge < -0.3 is 15.4 Å². The van der Waals surface area contributed by atoms with Crippen molar-refractivity contribution >= 4 is 11.6 Å². The summed E-state index contributed by atoms with van der Waals surface area (Å²) in [5, 5.41) is 11.1. The van der Waals surface area contributed by atoms with Gasteiger partial charge in [0.15, 0.2) is 0 Å². The fourth-order valence-corrected chi connectivity index (χ4v) is 3.69. The molecule has 7 nitrogen and oxygen atoms in total. The lowest BCUT2D eigenvalue weighted by molar-refractivity contribution is 0.0951. The number of carbonyl (C=O) groups excluding carboxylic acids is 1. The lowest BCUT2D eigenvalue weighted by Gasteiger charge is -2.12. The molecular formula is C23H25N5O2. The largest absolute Gasteiger partial charge is 0.379 e. The lowest BCUT2D eigenvalue weighted by atomic mass is 10.0. The second kappa shape index (κ2) is 7.91. The van der Waals surface area contributed by atoms with Crippen LogP contribution in [-0.4, -0.2) is 46.0 Å². The van der Waals surface area contributed by atoms with Crippen LogP contribution in [0.15, 0.2) is 49.1 Å². The highest BCUT2D eigenvalue weighted by Crippen LogP contribution is 2.26. The zero-order chi connectivity index (χ0) is 20.5. The van der Waals surface area contributed by atoms with Crippen LogP contribution in [0.4, 0.5) is 5.69 Å². The molecule has 1 unspecified atom stereocenters. The predicted octanol–water partition coefficient (Wildman–Crippen LogP) is 3.34. The third kappa shape index (κ3) is 4.07. The normalized spacial score (nSPS) is 18.4. The molecule has 30 heavy (non-hydrogen) atoms. The van der Waals surface area contributed by atoms with Crippen molar-refractivity contribution in [1.29, 1.82) is 0 Å². The molecule has 1 aromatic carbocycles. The number of aromatic nitrogens is 3. The summed E-state index contributed by atoms with van der Waals surface area (Å²) in [4.78, 5) is 16.8. The van der Waals surface area contributed by atoms with E-state index >= 15 is 0 Å². The number of benzene rings is 1. The summed E-state index contributed by atoms with van der Waals surface area (Å²) in [6.45, 7) is 3.56. The summed E-state index contributed by atoms with van der Waals surface area (Å²) in [6.07, 6.45) is 10.6. The number of carbonyl (C=O) groups is 1. The molecule has 7 heteroatoms. The van der Waals surface area contributed by atoms with Crippen molar-refractivity contribution in [3.05, 3.63) is 60.2 Å². The highest BCUT2D eigenvalue weighted by Gasteiger charge is 2.24. The molecule has 0 bridgehead atoms. The van der Waals surface area contributed by atoms with Crippen molar-refractivity contribution in [3.63, 3.8) is 0 Å². The van der Waals surface area contributed by atoms with Gasteiger partial charge >= 0.3 is 0 Å². The van der Waals surface area contributed by atoms with Gasteiger partial charge in [-0.1, -0.05) is 6.07 Å². The second-order valence-electron chi connectivity index (χ2n) is 8.09. The van der Waals surface area contributed by atoms with Gasteiger partial charge in [0.05, 0.1) is 42.6 Å². The van der Waals surface area contributed by atoms with E-state index in [0.717, 1.165) is 60.5 Å². The van der Waals surface area contributed by atoms with Gasteiger partial charge in [0.2, 0.25) is 0 Å². The van der Waals surface area contributed by atoms with Gasteiger partial charge in [-0.05, 0) is 55.5 Å². The SMILES string of the molecule is Cc1ccc(C(=O)NC2CC2)cc1-c1cnn(-c2cncc(NC3CCOC3)c2)c1. The number of ether oxygens (including phenoxy) is 1. The van der Waals surface area contributed by atoms with Crippen molar-refractivity contribution < 1.29 is 9.53 Å². The van der Waals surface area contributed by atoms with E-state index in [4.69, 9.17) is 4.74 Å². The van der Waals surface area contributed by atoms with Crippen LogP contribution in [0.1, 0.15) is 35.2 Å². The topological polar surface area (TPSA) is 81.1 Å². The standard InChI is InChI=1S/C23H25N5O2/c1-15-2-3-16(23(29)27-18-4-5-18)8-22(15)17-10-25-28(13-17)21-9-20(11-24-12-21)26-19-6-7-30-14-19/h2-3,8-13,18-19,26H,4-7,14H2,1H3,(H,27,29). The van der Waals surface area contributed by atoms with Crippen LogP contribution in [0.3, 0.4) is 0 Å². The Morgan fingerprint density at radius 3 is 2.83 bits per heavy atom. The van der Waals surface area contributed by atoms with Crippen molar-refractivity contribution in [3.8, 4) is 16.8 Å². The summed E-state index contributed by atoms with van der Waals surface area (Å²) < 4.78 is 7.24. The van der Waals surface area contributed by atoms with Crippen LogP contribution in [0.5, 0.6) is 0 Å². The predicted molar refractivity (Wildman–Crippen MR) is 115 cm³/mol. The van der Waals surface area contributed by atoms with Gasteiger partial charge in [0, 0.05) is 30.0 Å². The van der Waals surface area contributed by atoms with Crippen molar-refractivity contribution in [2.75, 3.05) is 18.5 Å². The summed E-state index contributed by atoms with van der Waals surface area (Å²) >= 11 is 0. The Labute approximate surface area is 175 Å². The van der Waals surface area contributed by atoms with E-state index in [1.54, 1.807) is 6.20 Å². The minimum atomic E-state index is -0.00925. The molecule has 1 atom stereocenters. The maximum Gasteiger partial charge on any atom is 0.251 e. The maximum atomic E-state index is 12.4. The van der Waals surface area contributed by atoms with E-state index in [1.807, 2.05) is 54.5 Å². The average molecular weight is 403 g/mol. The Balaban J connectivity index is 1.38. The third-order valence-corrected chi connectivity index (χ3v) is 5.59. The molecule has 154 valence electrons. The van der Waals surface area contributed by atoms with Crippen molar-refractivity contribution in [1.82, 2.24) is 20.1 Å². The highest BCUT2D eigenvalue weighted by atomic mass is 16.5. The molecule has 1 amide bonds. The van der Waals surface area contributed by atoms with Crippen LogP contribution in [0, 0.1) is 6.92 Å². The molecule has 2 fully saturated rings. The summed E-state index contributed by atoms with van der Waals surface area (Å²) in [7, 11) is 0. The Bertz CT molecular complexity index is 1070.